The average molecular weight is 449 g/mol. The monoisotopic (exact) mass is 448 g/mol. The Kier molecular flexibility index (Phi) is 7.34. The van der Waals surface area contributed by atoms with Crippen LogP contribution < -0.4 is 15.5 Å². The number of nitrogens with zero attached hydrogens (tertiary/aromatic N) is 1. The summed E-state index contributed by atoms with van der Waals surface area (Å²) in [5, 5.41) is 4.32. The van der Waals surface area contributed by atoms with Crippen molar-refractivity contribution in [3.8, 4) is 0 Å². The van der Waals surface area contributed by atoms with E-state index in [1.807, 2.05) is 104 Å². The summed E-state index contributed by atoms with van der Waals surface area (Å²) in [5.74, 6) is -0.474. The highest BCUT2D eigenvalue weighted by molar-refractivity contribution is 7.67. The first-order valence-corrected chi connectivity index (χ1v) is 13.2. The molecule has 3 aromatic carbocycles. The number of para-hydroxylation sites is 1. The van der Waals surface area contributed by atoms with Gasteiger partial charge in [0.05, 0.1) is 6.10 Å². The molecule has 1 fully saturated rings. The Bertz CT molecular complexity index is 1020. The van der Waals surface area contributed by atoms with Gasteiger partial charge in [-0.2, -0.15) is 0 Å². The van der Waals surface area contributed by atoms with Crippen molar-refractivity contribution in [3.63, 3.8) is 0 Å². The number of nitrogens with one attached hydrogen (secondary N) is 1. The van der Waals surface area contributed by atoms with E-state index < -0.39 is 13.2 Å². The fourth-order valence-electron chi connectivity index (χ4n) is 4.31. The number of rotatable bonds is 8. The van der Waals surface area contributed by atoms with E-state index in [1.165, 1.54) is 6.42 Å². The predicted molar refractivity (Wildman–Crippen MR) is 135 cm³/mol. The predicted octanol–water partition coefficient (Wildman–Crippen LogP) is 6.82. The molecule has 0 radical (unpaired) electrons. The minimum atomic E-state index is -3.32. The molecule has 4 rings (SSSR count). The lowest BCUT2D eigenvalue weighted by atomic mass is 9.98. The Morgan fingerprint density at radius 3 is 2.03 bits per heavy atom. The van der Waals surface area contributed by atoms with E-state index in [0.29, 0.717) is 0 Å². The van der Waals surface area contributed by atoms with Gasteiger partial charge in [-0.15, -0.1) is 0 Å². The van der Waals surface area contributed by atoms with Crippen LogP contribution >= 0.6 is 7.37 Å². The lowest BCUT2D eigenvalue weighted by molar-refractivity contribution is 0.159. The van der Waals surface area contributed by atoms with E-state index in [4.69, 9.17) is 4.52 Å². The van der Waals surface area contributed by atoms with Gasteiger partial charge in [-0.05, 0) is 54.8 Å². The Labute approximate surface area is 192 Å². The van der Waals surface area contributed by atoms with Gasteiger partial charge in [0.15, 0.2) is 0 Å². The zero-order chi connectivity index (χ0) is 22.4. The zero-order valence-corrected chi connectivity index (χ0v) is 19.9. The molecule has 0 amide bonds. The topological polar surface area (TPSA) is 41.6 Å². The fourth-order valence-corrected chi connectivity index (χ4v) is 6.96. The summed E-state index contributed by atoms with van der Waals surface area (Å²) in [6.45, 7) is 0. The molecular weight excluding hydrogens is 415 g/mol. The molecule has 1 N–H and O–H groups in total. The Morgan fingerprint density at radius 2 is 1.44 bits per heavy atom. The first kappa shape index (κ1) is 22.6. The largest absolute Gasteiger partial charge is 0.378 e. The molecule has 4 nitrogen and oxygen atoms in total. The summed E-state index contributed by atoms with van der Waals surface area (Å²) in [6.07, 6.45) is 5.44. The molecule has 0 aromatic heterocycles. The molecule has 168 valence electrons. The minimum Gasteiger partial charge on any atom is -0.378 e. The Hall–Kier alpha value is -2.55. The smallest absolute Gasteiger partial charge is 0.258 e. The van der Waals surface area contributed by atoms with E-state index in [2.05, 4.69) is 5.32 Å². The van der Waals surface area contributed by atoms with Crippen molar-refractivity contribution in [2.45, 2.75) is 44.0 Å². The molecule has 1 aliphatic carbocycles. The van der Waals surface area contributed by atoms with E-state index in [1.54, 1.807) is 0 Å². The molecule has 32 heavy (non-hydrogen) atoms. The van der Waals surface area contributed by atoms with Crippen LogP contribution in [0.3, 0.4) is 0 Å². The van der Waals surface area contributed by atoms with Crippen molar-refractivity contribution in [3.05, 3.63) is 90.5 Å². The standard InChI is InChI=1S/C27H33N2O2P/c1-29(2)24-18-20-26(21-19-24)32(30,31-25-16-10-5-11-17-25)27(22-12-6-3-7-13-22)28-23-14-8-4-9-15-23/h3-4,6-9,12-15,18-21,25,27-28H,5,10-11,16-17H2,1-2H3/t27-,32-/m1/s1. The van der Waals surface area contributed by atoms with Crippen LogP contribution in [0.5, 0.6) is 0 Å². The Morgan fingerprint density at radius 1 is 0.844 bits per heavy atom. The fraction of sp³-hybridized carbons (Fsp3) is 0.333. The lowest BCUT2D eigenvalue weighted by Crippen LogP contribution is -2.25. The normalized spacial score (nSPS) is 17.3. The second kappa shape index (κ2) is 10.4. The number of benzene rings is 3. The molecule has 0 spiro atoms. The number of anilines is 2. The van der Waals surface area contributed by atoms with Crippen molar-refractivity contribution in [2.75, 3.05) is 24.3 Å². The summed E-state index contributed by atoms with van der Waals surface area (Å²) in [7, 11) is 0.704. The summed E-state index contributed by atoms with van der Waals surface area (Å²) < 4.78 is 21.6. The van der Waals surface area contributed by atoms with Gasteiger partial charge in [0, 0.05) is 30.8 Å². The van der Waals surface area contributed by atoms with Crippen LogP contribution in [0.4, 0.5) is 11.4 Å². The van der Waals surface area contributed by atoms with E-state index in [0.717, 1.165) is 47.9 Å². The maximum atomic E-state index is 15.0. The van der Waals surface area contributed by atoms with Gasteiger partial charge >= 0.3 is 0 Å². The van der Waals surface area contributed by atoms with Crippen molar-refractivity contribution in [1.29, 1.82) is 0 Å². The van der Waals surface area contributed by atoms with E-state index >= 15 is 0 Å². The minimum absolute atomic E-state index is 0.0203. The Balaban J connectivity index is 1.79. The van der Waals surface area contributed by atoms with Crippen LogP contribution in [-0.2, 0) is 9.09 Å². The quantitative estimate of drug-likeness (QED) is 0.384. The van der Waals surface area contributed by atoms with Gasteiger partial charge < -0.3 is 14.7 Å². The molecule has 1 saturated carbocycles. The summed E-state index contributed by atoms with van der Waals surface area (Å²) >= 11 is 0. The molecule has 0 aliphatic heterocycles. The first-order valence-electron chi connectivity index (χ1n) is 11.5. The van der Waals surface area contributed by atoms with Crippen LogP contribution in [0.25, 0.3) is 0 Å². The van der Waals surface area contributed by atoms with Gasteiger partial charge in [-0.25, -0.2) is 0 Å². The molecule has 0 saturated heterocycles. The number of hydrogen-bond acceptors (Lipinski definition) is 4. The summed E-state index contributed by atoms with van der Waals surface area (Å²) in [6, 6.07) is 28.0. The summed E-state index contributed by atoms with van der Waals surface area (Å²) in [5.41, 5.74) is 2.97. The van der Waals surface area contributed by atoms with E-state index in [9.17, 15) is 4.57 Å². The van der Waals surface area contributed by atoms with Gasteiger partial charge in [-0.3, -0.25) is 4.57 Å². The zero-order valence-electron chi connectivity index (χ0n) is 19.0. The SMILES string of the molecule is CN(C)c1ccc([P@@](=O)(OC2CCCCC2)[C@@H](Nc2ccccc2)c2ccccc2)cc1. The van der Waals surface area contributed by atoms with E-state index in [-0.39, 0.29) is 6.10 Å². The third-order valence-electron chi connectivity index (χ3n) is 6.12. The van der Waals surface area contributed by atoms with Crippen molar-refractivity contribution in [2.24, 2.45) is 0 Å². The van der Waals surface area contributed by atoms with Crippen LogP contribution in [0.1, 0.15) is 43.5 Å². The van der Waals surface area contributed by atoms with Gasteiger partial charge in [0.2, 0.25) is 0 Å². The molecule has 2 atom stereocenters. The van der Waals surface area contributed by atoms with Gasteiger partial charge in [-0.1, -0.05) is 67.8 Å². The van der Waals surface area contributed by atoms with Crippen molar-refractivity contribution < 1.29 is 9.09 Å². The highest BCUT2D eigenvalue weighted by atomic mass is 31.2. The number of hydrogen-bond donors (Lipinski definition) is 1. The average Bonchev–Trinajstić information content (AvgIpc) is 2.84. The van der Waals surface area contributed by atoms with Crippen LogP contribution in [0.2, 0.25) is 0 Å². The molecule has 1 aliphatic rings. The van der Waals surface area contributed by atoms with Crippen LogP contribution in [0.15, 0.2) is 84.9 Å². The first-order chi connectivity index (χ1) is 15.6. The van der Waals surface area contributed by atoms with Crippen molar-refractivity contribution >= 4 is 24.0 Å². The second-order valence-corrected chi connectivity index (χ2v) is 11.1. The van der Waals surface area contributed by atoms with Crippen LogP contribution in [-0.4, -0.2) is 20.2 Å². The maximum absolute atomic E-state index is 15.0. The third-order valence-corrected chi connectivity index (χ3v) is 8.85. The van der Waals surface area contributed by atoms with Gasteiger partial charge in [0.25, 0.3) is 7.37 Å². The van der Waals surface area contributed by atoms with Crippen LogP contribution in [0, 0.1) is 0 Å². The lowest BCUT2D eigenvalue weighted by Gasteiger charge is -2.34. The highest BCUT2D eigenvalue weighted by Crippen LogP contribution is 2.60. The molecule has 0 heterocycles. The molecule has 0 bridgehead atoms. The molecule has 0 unspecified atom stereocenters. The third kappa shape index (κ3) is 5.26. The summed E-state index contributed by atoms with van der Waals surface area (Å²) in [4.78, 5) is 2.05. The highest BCUT2D eigenvalue weighted by Gasteiger charge is 2.40. The van der Waals surface area contributed by atoms with Gasteiger partial charge in [0.1, 0.15) is 5.78 Å². The molecular formula is C27H33N2O2P. The molecule has 3 aromatic rings. The maximum Gasteiger partial charge on any atom is 0.258 e. The molecule has 5 heteroatoms. The second-order valence-electron chi connectivity index (χ2n) is 8.70. The van der Waals surface area contributed by atoms with Crippen molar-refractivity contribution in [1.82, 2.24) is 0 Å².